The molecule has 24 aromatic rings. The van der Waals surface area contributed by atoms with Gasteiger partial charge in [0, 0.05) is 178 Å². The normalized spacial score (nSPS) is 11.2. The number of hydrogen-bond donors (Lipinski definition) is 0. The zero-order valence-electron chi connectivity index (χ0n) is 72.5. The Kier molecular flexibility index (Phi) is 22.1. The molecule has 0 atom stereocenters. The minimum Gasteiger partial charge on any atom is -0.264 e. The van der Waals surface area contributed by atoms with Gasteiger partial charge in [0.1, 0.15) is 0 Å². The van der Waals surface area contributed by atoms with Gasteiger partial charge in [0.2, 0.25) is 0 Å². The third kappa shape index (κ3) is 16.9. The summed E-state index contributed by atoms with van der Waals surface area (Å²) < 4.78 is 0. The van der Waals surface area contributed by atoms with Crippen molar-refractivity contribution in [1.82, 2.24) is 89.7 Å². The number of pyridine rings is 9. The molecule has 134 heavy (non-hydrogen) atoms. The summed E-state index contributed by atoms with van der Waals surface area (Å²) in [4.78, 5) is 86.7. The van der Waals surface area contributed by atoms with Crippen molar-refractivity contribution < 1.29 is 0 Å². The highest BCUT2D eigenvalue weighted by Crippen LogP contribution is 2.43. The third-order valence-electron chi connectivity index (χ3n) is 23.5. The van der Waals surface area contributed by atoms with Gasteiger partial charge in [-0.3, -0.25) is 44.9 Å². The minimum atomic E-state index is 0.591. The predicted octanol–water partition coefficient (Wildman–Crippen LogP) is 26.7. The van der Waals surface area contributed by atoms with E-state index in [1.807, 2.05) is 281 Å². The summed E-state index contributed by atoms with van der Waals surface area (Å²) >= 11 is 0. The Morgan fingerprint density at radius 3 is 0.806 bits per heavy atom. The summed E-state index contributed by atoms with van der Waals surface area (Å²) in [6.07, 6.45) is 18.3. The fraction of sp³-hybridized carbons (Fsp3) is 0.0172. The van der Waals surface area contributed by atoms with E-state index in [0.717, 1.165) is 194 Å². The van der Waals surface area contributed by atoms with Gasteiger partial charge in [-0.25, -0.2) is 44.9 Å². The van der Waals surface area contributed by atoms with Crippen LogP contribution in [0.25, 0.3) is 235 Å². The van der Waals surface area contributed by atoms with E-state index < -0.39 is 0 Å². The molecular weight excluding hydrogens is 1650 g/mol. The Morgan fingerprint density at radius 2 is 0.433 bits per heavy atom. The molecule has 0 N–H and O–H groups in total. The number of aryl methyl sites for hydroxylation is 2. The zero-order chi connectivity index (χ0) is 89.6. The smallest absolute Gasteiger partial charge is 0.164 e. The molecule has 0 spiro atoms. The first-order valence-corrected chi connectivity index (χ1v) is 43.9. The van der Waals surface area contributed by atoms with Crippen molar-refractivity contribution in [3.63, 3.8) is 0 Å². The van der Waals surface area contributed by atoms with Crippen molar-refractivity contribution >= 4 is 65.4 Å². The first kappa shape index (κ1) is 81.3. The summed E-state index contributed by atoms with van der Waals surface area (Å²) in [5.41, 5.74) is 27.7. The van der Waals surface area contributed by atoms with E-state index in [2.05, 4.69) is 171 Å². The fourth-order valence-corrected chi connectivity index (χ4v) is 17.0. The zero-order valence-corrected chi connectivity index (χ0v) is 72.5. The number of fused-ring (bicyclic) bond motifs is 9. The maximum Gasteiger partial charge on any atom is 0.164 e. The molecule has 0 radical (unpaired) electrons. The van der Waals surface area contributed by atoms with Gasteiger partial charge in [0.05, 0.1) is 33.1 Å². The van der Waals surface area contributed by atoms with Gasteiger partial charge in [0.25, 0.3) is 0 Å². The van der Waals surface area contributed by atoms with Crippen molar-refractivity contribution in [2.24, 2.45) is 0 Å². The van der Waals surface area contributed by atoms with Gasteiger partial charge in [-0.05, 0) is 180 Å². The Balaban J connectivity index is 0.000000117. The molecule has 0 bridgehead atoms. The van der Waals surface area contributed by atoms with Crippen LogP contribution < -0.4 is 0 Å². The quantitative estimate of drug-likeness (QED) is 0.0868. The van der Waals surface area contributed by atoms with E-state index >= 15 is 0 Å². The molecule has 0 aliphatic rings. The monoisotopic (exact) mass is 1720 g/mol. The van der Waals surface area contributed by atoms with Gasteiger partial charge in [-0.2, -0.15) is 0 Å². The Bertz CT molecular complexity index is 8330. The van der Waals surface area contributed by atoms with E-state index in [0.29, 0.717) is 52.4 Å². The second-order valence-corrected chi connectivity index (χ2v) is 32.3. The largest absolute Gasteiger partial charge is 0.264 e. The maximum absolute atomic E-state index is 5.06. The summed E-state index contributed by atoms with van der Waals surface area (Å²) in [6, 6.07) is 123. The summed E-state index contributed by atoms with van der Waals surface area (Å²) in [5.74, 6) is 5.50. The molecule has 0 fully saturated rings. The van der Waals surface area contributed by atoms with Crippen LogP contribution >= 0.6 is 0 Å². The lowest BCUT2D eigenvalue weighted by Gasteiger charge is -2.15. The van der Waals surface area contributed by atoms with Crippen molar-refractivity contribution in [3.05, 3.63) is 437 Å². The van der Waals surface area contributed by atoms with Crippen molar-refractivity contribution in [2.45, 2.75) is 13.8 Å². The Hall–Kier alpha value is -18.4. The van der Waals surface area contributed by atoms with Gasteiger partial charge < -0.3 is 0 Å². The molecule has 0 amide bonds. The van der Waals surface area contributed by atoms with E-state index in [-0.39, 0.29) is 0 Å². The number of hydrogen-bond acceptors (Lipinski definition) is 18. The standard InChI is InChI=1S/C40H28N6.2C38H24N6/c1-25-17-18-33(26(2)43-25)30-21-31(35-24-29-15-9-19-41-36(29)37-34(35)16-10-20-42-37)23-32(22-30)40-45-38(27-11-5-3-6-12-27)44-39(46-40)28-13-7-4-8-14-28;1-3-10-25(11-4-1)36-42-37(26-12-5-2-6-13-26)44-38(43-36)31-21-29(28-15-7-17-39-24-28)20-30(22-31)33-23-27-14-8-18-40-34(27)35-32(33)16-9-19-41-35;1-3-9-26(10-4-1)36-42-37(27-11-5-2-6-12-27)44-38(43-36)32-21-30(29-14-7-17-39-23-29)20-31(22-32)33-19-28-16-15-25-13-8-18-40-34(25)35(28)41-24-33/h3-24H,1-2H3;2*1-24H. The SMILES string of the molecule is Cc1ccc(-c2cc(-c3nc(-c4ccccc4)nc(-c4ccccc4)n3)cc(-c3cc4cccnc4c4ncccc34)c2)c(C)n1.c1ccc(-c2nc(-c3ccccc3)nc(-c3cc(-c4cccnc4)cc(-c4cc5cccnc5c5ncccc45)c3)n2)cc1.c1ccc(-c2nc(-c3ccccc3)nc(-c3cc(-c4cccnc4)cc(-c4cnc5c(ccc6cccnc65)c4)c3)n2)cc1. The molecule has 0 saturated carbocycles. The Morgan fingerprint density at radius 1 is 0.157 bits per heavy atom. The highest BCUT2D eigenvalue weighted by Gasteiger charge is 2.23. The van der Waals surface area contributed by atoms with Crippen LogP contribution in [0.4, 0.5) is 0 Å². The molecule has 12 heterocycles. The van der Waals surface area contributed by atoms with Crippen LogP contribution in [0, 0.1) is 13.8 Å². The highest BCUT2D eigenvalue weighted by molar-refractivity contribution is 6.12. The van der Waals surface area contributed by atoms with Crippen LogP contribution in [0.5, 0.6) is 0 Å². The van der Waals surface area contributed by atoms with E-state index in [9.17, 15) is 0 Å². The fourth-order valence-electron chi connectivity index (χ4n) is 17.0. The number of aromatic nitrogens is 18. The minimum absolute atomic E-state index is 0.591. The average molecular weight is 1720 g/mol. The van der Waals surface area contributed by atoms with Gasteiger partial charge in [0.15, 0.2) is 52.4 Å². The van der Waals surface area contributed by atoms with Gasteiger partial charge in [-0.1, -0.05) is 243 Å². The first-order valence-electron chi connectivity index (χ1n) is 43.9. The molecule has 0 aliphatic heterocycles. The molecule has 12 aromatic carbocycles. The van der Waals surface area contributed by atoms with Crippen LogP contribution in [0.2, 0.25) is 0 Å². The number of rotatable bonds is 15. The van der Waals surface area contributed by atoms with Crippen LogP contribution in [-0.4, -0.2) is 89.7 Å². The summed E-state index contributed by atoms with van der Waals surface area (Å²) in [5, 5.41) is 6.21. The van der Waals surface area contributed by atoms with Crippen LogP contribution in [0.1, 0.15) is 11.4 Å². The second-order valence-electron chi connectivity index (χ2n) is 32.3. The first-order chi connectivity index (χ1) is 66.2. The molecule has 0 aliphatic carbocycles. The highest BCUT2D eigenvalue weighted by atomic mass is 15.1. The molecule has 0 unspecified atom stereocenters. The van der Waals surface area contributed by atoms with Crippen molar-refractivity contribution in [1.29, 1.82) is 0 Å². The number of benzene rings is 12. The molecule has 0 saturated heterocycles. The molecule has 18 heteroatoms. The van der Waals surface area contributed by atoms with E-state index in [1.165, 1.54) is 0 Å². The third-order valence-corrected chi connectivity index (χ3v) is 23.5. The molecule has 18 nitrogen and oxygen atoms in total. The van der Waals surface area contributed by atoms with Gasteiger partial charge >= 0.3 is 0 Å². The van der Waals surface area contributed by atoms with Crippen molar-refractivity contribution in [3.8, 4) is 169 Å². The number of nitrogens with zero attached hydrogens (tertiary/aromatic N) is 18. The lowest BCUT2D eigenvalue weighted by Crippen LogP contribution is -2.01. The lowest BCUT2D eigenvalue weighted by atomic mass is 9.92. The van der Waals surface area contributed by atoms with Crippen LogP contribution in [0.3, 0.4) is 0 Å². The average Bonchev–Trinajstić information content (AvgIpc) is 0.757. The van der Waals surface area contributed by atoms with Gasteiger partial charge in [-0.15, -0.1) is 0 Å². The van der Waals surface area contributed by atoms with E-state index in [4.69, 9.17) is 64.8 Å². The second kappa shape index (κ2) is 36.4. The molecule has 12 aromatic heterocycles. The molecule has 630 valence electrons. The summed E-state index contributed by atoms with van der Waals surface area (Å²) in [6.45, 7) is 4.07. The molecule has 24 rings (SSSR count). The van der Waals surface area contributed by atoms with Crippen LogP contribution in [-0.2, 0) is 0 Å². The Labute approximate surface area is 770 Å². The maximum atomic E-state index is 5.06. The van der Waals surface area contributed by atoms with Crippen molar-refractivity contribution in [2.75, 3.05) is 0 Å². The topological polar surface area (TPSA) is 232 Å². The predicted molar refractivity (Wildman–Crippen MR) is 536 cm³/mol. The lowest BCUT2D eigenvalue weighted by molar-refractivity contribution is 1.07. The van der Waals surface area contributed by atoms with E-state index in [1.54, 1.807) is 12.4 Å². The summed E-state index contributed by atoms with van der Waals surface area (Å²) in [7, 11) is 0. The van der Waals surface area contributed by atoms with Crippen LogP contribution in [0.15, 0.2) is 426 Å². The molecular formula is C116H76N18.